The average Bonchev–Trinajstić information content (AvgIpc) is 2.83. The molecule has 1 unspecified atom stereocenters. The van der Waals surface area contributed by atoms with Crippen LogP contribution in [0.1, 0.15) is 12.5 Å². The van der Waals surface area contributed by atoms with Gasteiger partial charge in [-0.25, -0.2) is 0 Å². The minimum atomic E-state index is 0.390. The fourth-order valence-corrected chi connectivity index (χ4v) is 3.04. The summed E-state index contributed by atoms with van der Waals surface area (Å²) in [6.07, 6.45) is 1.05. The van der Waals surface area contributed by atoms with Crippen LogP contribution in [0.25, 0.3) is 11.0 Å². The fraction of sp³-hybridized carbons (Fsp3) is 0.364. The van der Waals surface area contributed by atoms with Crippen molar-refractivity contribution in [1.29, 1.82) is 0 Å². The topological polar surface area (TPSA) is 29.9 Å². The molecule has 1 aliphatic heterocycles. The molecule has 1 aliphatic rings. The van der Waals surface area contributed by atoms with Crippen LogP contribution in [0.2, 0.25) is 0 Å². The lowest BCUT2D eigenvalue weighted by atomic mass is 10.2. The van der Waals surface area contributed by atoms with E-state index in [1.165, 1.54) is 9.09 Å². The van der Waals surface area contributed by atoms with Gasteiger partial charge in [0.25, 0.3) is 0 Å². The Bertz CT molecular complexity index is 583. The molecule has 1 N–H and O–H groups in total. The van der Waals surface area contributed by atoms with E-state index < -0.39 is 0 Å². The fourth-order valence-electron chi connectivity index (χ4n) is 2.19. The molecule has 3 rings (SSSR count). The van der Waals surface area contributed by atoms with Gasteiger partial charge in [0.1, 0.15) is 0 Å². The molecule has 2 heterocycles. The summed E-state index contributed by atoms with van der Waals surface area (Å²) in [5.74, 6) is 0. The summed E-state index contributed by atoms with van der Waals surface area (Å²) in [6, 6.07) is 6.75. The molecular weight excluding hydrogens is 335 g/mol. The molecule has 0 saturated carbocycles. The summed E-state index contributed by atoms with van der Waals surface area (Å²) in [7, 11) is 0. The van der Waals surface area contributed by atoms with Gasteiger partial charge in [-0.3, -0.25) is 0 Å². The van der Waals surface area contributed by atoms with Crippen molar-refractivity contribution in [3.05, 3.63) is 26.5 Å². The van der Waals surface area contributed by atoms with Gasteiger partial charge in [-0.05, 0) is 59.4 Å². The zero-order chi connectivity index (χ0) is 11.1. The monoisotopic (exact) mass is 346 g/mol. The normalized spacial score (nSPS) is 20.7. The number of aromatic nitrogens is 2. The molecule has 1 aromatic carbocycles. The first-order chi connectivity index (χ1) is 7.75. The highest BCUT2D eigenvalue weighted by Crippen LogP contribution is 2.26. The minimum Gasteiger partial charge on any atom is -0.379 e. The minimum absolute atomic E-state index is 0.390. The Morgan fingerprint density at radius 3 is 3.12 bits per heavy atom. The summed E-state index contributed by atoms with van der Waals surface area (Å²) in [6.45, 7) is 1.61. The molecule has 16 heavy (non-hydrogen) atoms. The number of rotatable bonds is 1. The number of benzene rings is 1. The molecule has 5 heteroatoms. The standard InChI is InChI=1S/C11H11IN2OS/c12-7-1-2-10-9(5-7)13-11(16)14(10)8-3-4-15-6-8/h1-2,5,8H,3-4,6H2,(H,13,16). The summed E-state index contributed by atoms with van der Waals surface area (Å²) >= 11 is 7.69. The predicted molar refractivity (Wildman–Crippen MR) is 74.3 cm³/mol. The lowest BCUT2D eigenvalue weighted by molar-refractivity contribution is 0.187. The molecule has 84 valence electrons. The zero-order valence-corrected chi connectivity index (χ0v) is 11.5. The molecule has 0 aliphatic carbocycles. The van der Waals surface area contributed by atoms with E-state index in [1.807, 2.05) is 0 Å². The molecule has 1 aromatic heterocycles. The van der Waals surface area contributed by atoms with Crippen LogP contribution in [-0.2, 0) is 4.74 Å². The third-order valence-electron chi connectivity index (χ3n) is 2.95. The number of aromatic amines is 1. The molecule has 1 fully saturated rings. The molecule has 1 saturated heterocycles. The van der Waals surface area contributed by atoms with E-state index in [4.69, 9.17) is 17.0 Å². The lowest BCUT2D eigenvalue weighted by Gasteiger charge is -2.10. The molecular formula is C11H11IN2OS. The number of H-pyrrole nitrogens is 1. The lowest BCUT2D eigenvalue weighted by Crippen LogP contribution is -2.08. The summed E-state index contributed by atoms with van der Waals surface area (Å²) in [5.41, 5.74) is 2.30. The van der Waals surface area contributed by atoms with Gasteiger partial charge < -0.3 is 14.3 Å². The second-order valence-corrected chi connectivity index (χ2v) is 5.61. The number of imidazole rings is 1. The first kappa shape index (κ1) is 10.7. The summed E-state index contributed by atoms with van der Waals surface area (Å²) in [4.78, 5) is 3.26. The smallest absolute Gasteiger partial charge is 0.178 e. The van der Waals surface area contributed by atoms with E-state index >= 15 is 0 Å². The molecule has 0 spiro atoms. The van der Waals surface area contributed by atoms with Crippen molar-refractivity contribution in [3.8, 4) is 0 Å². The third-order valence-corrected chi connectivity index (χ3v) is 3.92. The second kappa shape index (κ2) is 4.12. The van der Waals surface area contributed by atoms with Crippen molar-refractivity contribution in [3.63, 3.8) is 0 Å². The van der Waals surface area contributed by atoms with Gasteiger partial charge in [-0.15, -0.1) is 0 Å². The number of fused-ring (bicyclic) bond motifs is 1. The van der Waals surface area contributed by atoms with Crippen molar-refractivity contribution < 1.29 is 4.74 Å². The van der Waals surface area contributed by atoms with Gasteiger partial charge >= 0.3 is 0 Å². The quantitative estimate of drug-likeness (QED) is 0.635. The molecule has 3 nitrogen and oxygen atoms in total. The van der Waals surface area contributed by atoms with E-state index in [0.29, 0.717) is 6.04 Å². The Hall–Kier alpha value is -0.400. The number of ether oxygens (including phenoxy) is 1. The van der Waals surface area contributed by atoms with Crippen molar-refractivity contribution in [2.24, 2.45) is 0 Å². The average molecular weight is 346 g/mol. The number of halogens is 1. The van der Waals surface area contributed by atoms with E-state index in [-0.39, 0.29) is 0 Å². The van der Waals surface area contributed by atoms with Gasteiger partial charge in [0.05, 0.1) is 23.7 Å². The molecule has 0 bridgehead atoms. The van der Waals surface area contributed by atoms with Gasteiger partial charge in [-0.2, -0.15) is 0 Å². The second-order valence-electron chi connectivity index (χ2n) is 3.98. The molecule has 0 radical (unpaired) electrons. The van der Waals surface area contributed by atoms with Crippen molar-refractivity contribution >= 4 is 45.8 Å². The number of hydrogen-bond donors (Lipinski definition) is 1. The first-order valence-corrected chi connectivity index (χ1v) is 6.72. The van der Waals surface area contributed by atoms with Crippen LogP contribution in [0.15, 0.2) is 18.2 Å². The van der Waals surface area contributed by atoms with Crippen molar-refractivity contribution in [2.75, 3.05) is 13.2 Å². The maximum absolute atomic E-state index is 5.43. The Labute approximate surface area is 112 Å². The van der Waals surface area contributed by atoms with Crippen LogP contribution < -0.4 is 0 Å². The number of nitrogens with one attached hydrogen (secondary N) is 1. The Morgan fingerprint density at radius 1 is 1.50 bits per heavy atom. The maximum Gasteiger partial charge on any atom is 0.178 e. The zero-order valence-electron chi connectivity index (χ0n) is 8.57. The SMILES string of the molecule is S=c1[nH]c2cc(I)ccc2n1C1CCOC1. The van der Waals surface area contributed by atoms with Crippen LogP contribution in [0.3, 0.4) is 0 Å². The number of nitrogens with zero attached hydrogens (tertiary/aromatic N) is 1. The first-order valence-electron chi connectivity index (χ1n) is 5.23. The predicted octanol–water partition coefficient (Wildman–Crippen LogP) is 3.26. The van der Waals surface area contributed by atoms with Crippen LogP contribution in [0.5, 0.6) is 0 Å². The van der Waals surface area contributed by atoms with Gasteiger partial charge in [0.2, 0.25) is 0 Å². The highest BCUT2D eigenvalue weighted by atomic mass is 127. The van der Waals surface area contributed by atoms with Crippen LogP contribution >= 0.6 is 34.8 Å². The van der Waals surface area contributed by atoms with Gasteiger partial charge in [0.15, 0.2) is 4.77 Å². The maximum atomic E-state index is 5.43. The highest BCUT2D eigenvalue weighted by Gasteiger charge is 2.20. The highest BCUT2D eigenvalue weighted by molar-refractivity contribution is 14.1. The Kier molecular flexibility index (Phi) is 2.76. The van der Waals surface area contributed by atoms with Crippen molar-refractivity contribution in [2.45, 2.75) is 12.5 Å². The van der Waals surface area contributed by atoms with Crippen molar-refractivity contribution in [1.82, 2.24) is 9.55 Å². The summed E-state index contributed by atoms with van der Waals surface area (Å²) in [5, 5.41) is 0. The Balaban J connectivity index is 2.23. The van der Waals surface area contributed by atoms with Gasteiger partial charge in [-0.1, -0.05) is 0 Å². The molecule has 0 amide bonds. The van der Waals surface area contributed by atoms with Crippen LogP contribution in [-0.4, -0.2) is 22.8 Å². The number of hydrogen-bond acceptors (Lipinski definition) is 2. The summed E-state index contributed by atoms with van der Waals surface area (Å²) < 4.78 is 9.63. The molecule has 2 aromatic rings. The van der Waals surface area contributed by atoms with E-state index in [1.54, 1.807) is 0 Å². The van der Waals surface area contributed by atoms with Gasteiger partial charge in [0, 0.05) is 10.2 Å². The van der Waals surface area contributed by atoms with Crippen LogP contribution in [0.4, 0.5) is 0 Å². The van der Waals surface area contributed by atoms with E-state index in [9.17, 15) is 0 Å². The Morgan fingerprint density at radius 2 is 2.38 bits per heavy atom. The largest absolute Gasteiger partial charge is 0.379 e. The third kappa shape index (κ3) is 1.70. The van der Waals surface area contributed by atoms with Crippen LogP contribution in [0, 0.1) is 8.34 Å². The van der Waals surface area contributed by atoms with E-state index in [2.05, 4.69) is 50.3 Å². The molecule has 1 atom stereocenters. The van der Waals surface area contributed by atoms with E-state index in [0.717, 1.165) is 29.9 Å².